The molecule has 0 saturated heterocycles. The van der Waals surface area contributed by atoms with E-state index in [0.29, 0.717) is 5.75 Å². The second kappa shape index (κ2) is 9.48. The van der Waals surface area contributed by atoms with Crippen LogP contribution in [0.15, 0.2) is 20.3 Å². The van der Waals surface area contributed by atoms with Crippen molar-refractivity contribution < 1.29 is 4.79 Å². The maximum absolute atomic E-state index is 11.8. The van der Waals surface area contributed by atoms with Gasteiger partial charge in [0, 0.05) is 6.54 Å². The number of hydrogen-bond acceptors (Lipinski definition) is 6. The average Bonchev–Trinajstić information content (AvgIpc) is 2.94. The van der Waals surface area contributed by atoms with E-state index in [1.807, 2.05) is 0 Å². The topological polar surface area (TPSA) is 54.9 Å². The Hall–Kier alpha value is -0.530. The molecule has 1 aliphatic carbocycles. The normalized spacial score (nSPS) is 14.8. The molecule has 1 heterocycles. The molecule has 1 aromatic rings. The lowest BCUT2D eigenvalue weighted by Gasteiger charge is -2.12. The first-order chi connectivity index (χ1) is 10.3. The number of nitrogens with one attached hydrogen (secondary N) is 1. The van der Waals surface area contributed by atoms with Gasteiger partial charge < -0.3 is 5.32 Å². The molecule has 0 bridgehead atoms. The number of rotatable bonds is 8. The van der Waals surface area contributed by atoms with Crippen molar-refractivity contribution in [3.63, 3.8) is 0 Å². The number of hydrogen-bond donors (Lipinski definition) is 1. The number of thioether (sulfide) groups is 2. The first-order valence-corrected chi connectivity index (χ1v) is 10.1. The molecule has 0 aromatic carbocycles. The van der Waals surface area contributed by atoms with Crippen LogP contribution in [0.1, 0.15) is 39.0 Å². The van der Waals surface area contributed by atoms with E-state index in [0.717, 1.165) is 27.4 Å². The molecule has 1 amide bonds. The second-order valence-electron chi connectivity index (χ2n) is 4.76. The maximum atomic E-state index is 11.8. The van der Waals surface area contributed by atoms with Crippen molar-refractivity contribution in [2.45, 2.75) is 47.7 Å². The van der Waals surface area contributed by atoms with E-state index < -0.39 is 0 Å². The summed E-state index contributed by atoms with van der Waals surface area (Å²) in [5.74, 6) is 1.50. The van der Waals surface area contributed by atoms with Crippen LogP contribution in [0.3, 0.4) is 0 Å². The van der Waals surface area contributed by atoms with Crippen LogP contribution in [0.5, 0.6) is 0 Å². The first-order valence-electron chi connectivity index (χ1n) is 7.31. The van der Waals surface area contributed by atoms with E-state index in [1.165, 1.54) is 43.0 Å². The molecular formula is C14H21N3OS3. The maximum Gasteiger partial charge on any atom is 0.230 e. The first kappa shape index (κ1) is 16.8. The van der Waals surface area contributed by atoms with Crippen molar-refractivity contribution in [1.29, 1.82) is 0 Å². The minimum atomic E-state index is 0.0799. The predicted molar refractivity (Wildman–Crippen MR) is 91.2 cm³/mol. The van der Waals surface area contributed by atoms with Crippen molar-refractivity contribution in [2.75, 3.05) is 18.1 Å². The lowest BCUT2D eigenvalue weighted by Crippen LogP contribution is -2.26. The Morgan fingerprint density at radius 2 is 2.14 bits per heavy atom. The van der Waals surface area contributed by atoms with Gasteiger partial charge in [0.15, 0.2) is 8.68 Å². The van der Waals surface area contributed by atoms with Gasteiger partial charge in [0.25, 0.3) is 0 Å². The summed E-state index contributed by atoms with van der Waals surface area (Å²) in [5.41, 5.74) is 1.50. The number of carbonyl (C=O) groups excluding carboxylic acids is 1. The van der Waals surface area contributed by atoms with Crippen LogP contribution >= 0.6 is 34.9 Å². The summed E-state index contributed by atoms with van der Waals surface area (Å²) in [6.45, 7) is 2.84. The Bertz CT molecular complexity index is 488. The van der Waals surface area contributed by atoms with Crippen molar-refractivity contribution in [3.05, 3.63) is 11.6 Å². The highest BCUT2D eigenvalue weighted by Gasteiger charge is 2.08. The van der Waals surface area contributed by atoms with Crippen LogP contribution in [0.2, 0.25) is 0 Å². The highest BCUT2D eigenvalue weighted by Crippen LogP contribution is 2.28. The lowest BCUT2D eigenvalue weighted by molar-refractivity contribution is -0.118. The summed E-state index contributed by atoms with van der Waals surface area (Å²) in [4.78, 5) is 11.8. The van der Waals surface area contributed by atoms with E-state index in [9.17, 15) is 4.79 Å². The van der Waals surface area contributed by atoms with Crippen molar-refractivity contribution in [1.82, 2.24) is 15.5 Å². The predicted octanol–water partition coefficient (Wildman–Crippen LogP) is 3.75. The number of nitrogens with zero attached hydrogens (tertiary/aromatic N) is 2. The smallest absolute Gasteiger partial charge is 0.230 e. The molecule has 1 aromatic heterocycles. The van der Waals surface area contributed by atoms with Crippen LogP contribution in [-0.2, 0) is 4.79 Å². The molecule has 0 radical (unpaired) electrons. The molecule has 7 heteroatoms. The zero-order valence-corrected chi connectivity index (χ0v) is 14.7. The van der Waals surface area contributed by atoms with Crippen LogP contribution in [0.25, 0.3) is 0 Å². The van der Waals surface area contributed by atoms with Gasteiger partial charge in [-0.25, -0.2) is 0 Å². The van der Waals surface area contributed by atoms with Gasteiger partial charge in [-0.15, -0.1) is 10.2 Å². The summed E-state index contributed by atoms with van der Waals surface area (Å²) >= 11 is 4.71. The highest BCUT2D eigenvalue weighted by molar-refractivity contribution is 8.03. The largest absolute Gasteiger partial charge is 0.355 e. The molecule has 1 aliphatic rings. The fourth-order valence-electron chi connectivity index (χ4n) is 2.11. The van der Waals surface area contributed by atoms with Crippen LogP contribution in [0, 0.1) is 0 Å². The molecule has 0 spiro atoms. The van der Waals surface area contributed by atoms with Crippen molar-refractivity contribution in [2.24, 2.45) is 0 Å². The molecule has 4 nitrogen and oxygen atoms in total. The quantitative estimate of drug-likeness (QED) is 0.575. The second-order valence-corrected chi connectivity index (χ2v) is 8.47. The van der Waals surface area contributed by atoms with Crippen molar-refractivity contribution >= 4 is 40.8 Å². The molecule has 0 saturated carbocycles. The van der Waals surface area contributed by atoms with E-state index in [4.69, 9.17) is 0 Å². The molecule has 0 aliphatic heterocycles. The van der Waals surface area contributed by atoms with Crippen LogP contribution in [-0.4, -0.2) is 34.2 Å². The number of carbonyl (C=O) groups is 1. The molecule has 21 heavy (non-hydrogen) atoms. The van der Waals surface area contributed by atoms with Gasteiger partial charge >= 0.3 is 0 Å². The van der Waals surface area contributed by atoms with Gasteiger partial charge in [0.05, 0.1) is 5.75 Å². The van der Waals surface area contributed by atoms with Gasteiger partial charge in [0.2, 0.25) is 5.91 Å². The van der Waals surface area contributed by atoms with Gasteiger partial charge in [-0.3, -0.25) is 4.79 Å². The van der Waals surface area contributed by atoms with E-state index in [2.05, 4.69) is 28.5 Å². The summed E-state index contributed by atoms with van der Waals surface area (Å²) in [6, 6.07) is 0. The Morgan fingerprint density at radius 3 is 2.86 bits per heavy atom. The summed E-state index contributed by atoms with van der Waals surface area (Å²) in [5, 5.41) is 11.1. The Balaban J connectivity index is 1.61. The monoisotopic (exact) mass is 343 g/mol. The summed E-state index contributed by atoms with van der Waals surface area (Å²) in [7, 11) is 0. The van der Waals surface area contributed by atoms with Crippen LogP contribution in [0.4, 0.5) is 0 Å². The minimum Gasteiger partial charge on any atom is -0.355 e. The van der Waals surface area contributed by atoms with E-state index in [-0.39, 0.29) is 5.91 Å². The van der Waals surface area contributed by atoms with Gasteiger partial charge in [0.1, 0.15) is 0 Å². The zero-order valence-electron chi connectivity index (χ0n) is 12.3. The molecule has 0 unspecified atom stereocenters. The fourth-order valence-corrected chi connectivity index (χ4v) is 4.86. The lowest BCUT2D eigenvalue weighted by atomic mass is 9.97. The fraction of sp³-hybridized carbons (Fsp3) is 0.643. The van der Waals surface area contributed by atoms with Crippen molar-refractivity contribution in [3.8, 4) is 0 Å². The molecule has 2 rings (SSSR count). The SMILES string of the molecule is CCSc1nnc(SCC(=O)NCCC2=CCCCC2)s1. The number of amides is 1. The molecule has 0 fully saturated rings. The van der Waals surface area contributed by atoms with E-state index >= 15 is 0 Å². The standard InChI is InChI=1S/C14H21N3OS3/c1-2-19-13-16-17-14(21-13)20-10-12(18)15-9-8-11-6-4-3-5-7-11/h6H,2-5,7-10H2,1H3,(H,15,18). The summed E-state index contributed by atoms with van der Waals surface area (Å²) in [6.07, 6.45) is 8.34. The van der Waals surface area contributed by atoms with Crippen LogP contribution < -0.4 is 5.32 Å². The van der Waals surface area contributed by atoms with Gasteiger partial charge in [-0.2, -0.15) is 0 Å². The number of aromatic nitrogens is 2. The third-order valence-corrected chi connectivity index (χ3v) is 6.21. The molecule has 116 valence electrons. The zero-order chi connectivity index (χ0) is 14.9. The average molecular weight is 344 g/mol. The number of allylic oxidation sites excluding steroid dienone is 1. The Kier molecular flexibility index (Phi) is 7.60. The highest BCUT2D eigenvalue weighted by atomic mass is 32.2. The molecule has 0 atom stereocenters. The Labute approximate surface area is 138 Å². The minimum absolute atomic E-state index is 0.0799. The summed E-state index contributed by atoms with van der Waals surface area (Å²) < 4.78 is 1.85. The molecular weight excluding hydrogens is 322 g/mol. The molecule has 1 N–H and O–H groups in total. The third kappa shape index (κ3) is 6.40. The van der Waals surface area contributed by atoms with E-state index in [1.54, 1.807) is 23.1 Å². The van der Waals surface area contributed by atoms with Gasteiger partial charge in [-0.05, 0) is 37.9 Å². The van der Waals surface area contributed by atoms with Gasteiger partial charge in [-0.1, -0.05) is 53.4 Å². The third-order valence-electron chi connectivity index (χ3n) is 3.14. The Morgan fingerprint density at radius 1 is 1.33 bits per heavy atom.